The average molecular weight is 201 g/mol. The molecule has 0 radical (unpaired) electrons. The van der Waals surface area contributed by atoms with Gasteiger partial charge in [-0.1, -0.05) is 18.7 Å². The third kappa shape index (κ3) is 2.62. The number of nitrogens with zero attached hydrogens (tertiary/aromatic N) is 1. The van der Waals surface area contributed by atoms with Gasteiger partial charge in [-0.3, -0.25) is 9.79 Å². The SMILES string of the molecule is CC1CN=C(NC(C)(C)C(N)=O)S1. The van der Waals surface area contributed by atoms with Crippen LogP contribution in [0.4, 0.5) is 0 Å². The second-order valence-corrected chi connectivity index (χ2v) is 5.12. The van der Waals surface area contributed by atoms with Crippen molar-refractivity contribution in [2.45, 2.75) is 31.6 Å². The van der Waals surface area contributed by atoms with Gasteiger partial charge in [0, 0.05) is 5.25 Å². The molecular formula is C8H15N3OS. The quantitative estimate of drug-likeness (QED) is 0.676. The lowest BCUT2D eigenvalue weighted by Gasteiger charge is -2.22. The van der Waals surface area contributed by atoms with Gasteiger partial charge in [-0.15, -0.1) is 0 Å². The molecule has 0 aliphatic carbocycles. The van der Waals surface area contributed by atoms with E-state index < -0.39 is 5.54 Å². The molecule has 0 aromatic heterocycles. The number of amidine groups is 1. The summed E-state index contributed by atoms with van der Waals surface area (Å²) in [6.07, 6.45) is 0. The summed E-state index contributed by atoms with van der Waals surface area (Å²) in [7, 11) is 0. The van der Waals surface area contributed by atoms with Gasteiger partial charge >= 0.3 is 0 Å². The predicted molar refractivity (Wildman–Crippen MR) is 55.8 cm³/mol. The Morgan fingerprint density at radius 2 is 2.38 bits per heavy atom. The molecule has 0 spiro atoms. The molecule has 0 saturated carbocycles. The van der Waals surface area contributed by atoms with Crippen LogP contribution in [0.1, 0.15) is 20.8 Å². The van der Waals surface area contributed by atoms with Crippen molar-refractivity contribution >= 4 is 22.8 Å². The van der Waals surface area contributed by atoms with E-state index in [1.165, 1.54) is 0 Å². The molecule has 4 nitrogen and oxygen atoms in total. The van der Waals surface area contributed by atoms with Gasteiger partial charge in [-0.05, 0) is 13.8 Å². The Kier molecular flexibility index (Phi) is 2.85. The molecule has 0 bridgehead atoms. The van der Waals surface area contributed by atoms with Gasteiger partial charge in [-0.25, -0.2) is 0 Å². The summed E-state index contributed by atoms with van der Waals surface area (Å²) >= 11 is 1.64. The highest BCUT2D eigenvalue weighted by Gasteiger charge is 2.28. The molecule has 0 saturated heterocycles. The maximum Gasteiger partial charge on any atom is 0.242 e. The summed E-state index contributed by atoms with van der Waals surface area (Å²) < 4.78 is 0. The van der Waals surface area contributed by atoms with Crippen LogP contribution < -0.4 is 11.1 Å². The average Bonchev–Trinajstić information content (AvgIpc) is 2.34. The first-order valence-electron chi connectivity index (χ1n) is 4.21. The zero-order valence-corrected chi connectivity index (χ0v) is 8.94. The standard InChI is InChI=1S/C8H15N3OS/c1-5-4-10-7(13-5)11-8(2,3)6(9)12/h5H,4H2,1-3H3,(H2,9,12)(H,10,11). The van der Waals surface area contributed by atoms with Gasteiger partial charge in [0.1, 0.15) is 5.54 Å². The van der Waals surface area contributed by atoms with Gasteiger partial charge in [0.15, 0.2) is 5.17 Å². The number of carbonyl (C=O) groups is 1. The van der Waals surface area contributed by atoms with Crippen LogP contribution in [0, 0.1) is 0 Å². The van der Waals surface area contributed by atoms with Crippen LogP contribution in [0.5, 0.6) is 0 Å². The molecule has 1 rings (SSSR count). The lowest BCUT2D eigenvalue weighted by Crippen LogP contribution is -2.52. The Bertz CT molecular complexity index is 250. The first kappa shape index (κ1) is 10.4. The minimum Gasteiger partial charge on any atom is -0.368 e. The van der Waals surface area contributed by atoms with E-state index in [2.05, 4.69) is 17.2 Å². The predicted octanol–water partition coefficient (Wildman–Crippen LogP) is 0.331. The van der Waals surface area contributed by atoms with Crippen molar-refractivity contribution < 1.29 is 4.79 Å². The number of nitrogens with one attached hydrogen (secondary N) is 1. The number of primary amides is 1. The molecule has 13 heavy (non-hydrogen) atoms. The van der Waals surface area contributed by atoms with Crippen LogP contribution in [0.2, 0.25) is 0 Å². The molecule has 0 aromatic carbocycles. The van der Waals surface area contributed by atoms with Crippen LogP contribution >= 0.6 is 11.8 Å². The molecule has 1 amide bonds. The van der Waals surface area contributed by atoms with Crippen LogP contribution in [0.3, 0.4) is 0 Å². The maximum atomic E-state index is 11.0. The molecule has 1 atom stereocenters. The lowest BCUT2D eigenvalue weighted by atomic mass is 10.1. The van der Waals surface area contributed by atoms with Crippen LogP contribution in [-0.2, 0) is 4.79 Å². The Labute approximate surface area is 82.4 Å². The highest BCUT2D eigenvalue weighted by Crippen LogP contribution is 2.20. The van der Waals surface area contributed by atoms with Gasteiger partial charge < -0.3 is 11.1 Å². The normalized spacial score (nSPS) is 22.7. The Morgan fingerprint density at radius 1 is 1.77 bits per heavy atom. The summed E-state index contributed by atoms with van der Waals surface area (Å²) in [5.74, 6) is -0.365. The van der Waals surface area contributed by atoms with E-state index in [1.54, 1.807) is 25.6 Å². The third-order valence-corrected chi connectivity index (χ3v) is 2.85. The van der Waals surface area contributed by atoms with E-state index in [-0.39, 0.29) is 5.91 Å². The second kappa shape index (κ2) is 3.57. The van der Waals surface area contributed by atoms with E-state index in [9.17, 15) is 4.79 Å². The number of nitrogens with two attached hydrogens (primary N) is 1. The van der Waals surface area contributed by atoms with E-state index in [0.717, 1.165) is 11.7 Å². The lowest BCUT2D eigenvalue weighted by molar-refractivity contribution is -0.122. The zero-order chi connectivity index (χ0) is 10.1. The topological polar surface area (TPSA) is 67.5 Å². The van der Waals surface area contributed by atoms with Crippen molar-refractivity contribution in [3.63, 3.8) is 0 Å². The van der Waals surface area contributed by atoms with Crippen LogP contribution in [0.25, 0.3) is 0 Å². The molecule has 3 N–H and O–H groups in total. The maximum absolute atomic E-state index is 11.0. The minimum absolute atomic E-state index is 0.365. The number of hydrogen-bond donors (Lipinski definition) is 2. The third-order valence-electron chi connectivity index (χ3n) is 1.84. The number of aliphatic imine (C=N–C) groups is 1. The van der Waals surface area contributed by atoms with Crippen LogP contribution in [0.15, 0.2) is 4.99 Å². The van der Waals surface area contributed by atoms with Crippen molar-refractivity contribution in [1.29, 1.82) is 0 Å². The summed E-state index contributed by atoms with van der Waals surface area (Å²) in [6.45, 7) is 6.41. The molecule has 5 heteroatoms. The molecular weight excluding hydrogens is 186 g/mol. The highest BCUT2D eigenvalue weighted by molar-refractivity contribution is 8.14. The molecule has 0 fully saturated rings. The fraction of sp³-hybridized carbons (Fsp3) is 0.750. The molecule has 1 unspecified atom stereocenters. The molecule has 1 aliphatic rings. The smallest absolute Gasteiger partial charge is 0.242 e. The number of hydrogen-bond acceptors (Lipinski definition) is 4. The van der Waals surface area contributed by atoms with Gasteiger partial charge in [0.25, 0.3) is 0 Å². The van der Waals surface area contributed by atoms with Crippen molar-refractivity contribution in [1.82, 2.24) is 5.32 Å². The van der Waals surface area contributed by atoms with Gasteiger partial charge in [0.2, 0.25) is 5.91 Å². The molecule has 74 valence electrons. The van der Waals surface area contributed by atoms with Crippen molar-refractivity contribution in [3.05, 3.63) is 0 Å². The van der Waals surface area contributed by atoms with E-state index in [4.69, 9.17) is 5.73 Å². The summed E-state index contributed by atoms with van der Waals surface area (Å²) in [5.41, 5.74) is 4.50. The minimum atomic E-state index is -0.712. The monoisotopic (exact) mass is 201 g/mol. The largest absolute Gasteiger partial charge is 0.368 e. The molecule has 0 aromatic rings. The summed E-state index contributed by atoms with van der Waals surface area (Å²) in [4.78, 5) is 15.2. The van der Waals surface area contributed by atoms with Crippen molar-refractivity contribution in [2.24, 2.45) is 10.7 Å². The Balaban J connectivity index is 2.54. The number of thioether (sulfide) groups is 1. The van der Waals surface area contributed by atoms with Gasteiger partial charge in [0.05, 0.1) is 6.54 Å². The number of carbonyl (C=O) groups excluding carboxylic acids is 1. The van der Waals surface area contributed by atoms with E-state index in [1.807, 2.05) is 0 Å². The Morgan fingerprint density at radius 3 is 2.77 bits per heavy atom. The summed E-state index contributed by atoms with van der Waals surface area (Å²) in [6, 6.07) is 0. The second-order valence-electron chi connectivity index (χ2n) is 3.69. The van der Waals surface area contributed by atoms with Gasteiger partial charge in [-0.2, -0.15) is 0 Å². The van der Waals surface area contributed by atoms with E-state index >= 15 is 0 Å². The molecule has 1 heterocycles. The fourth-order valence-electron chi connectivity index (χ4n) is 0.874. The first-order chi connectivity index (χ1) is 5.92. The number of rotatable bonds is 2. The first-order valence-corrected chi connectivity index (χ1v) is 5.09. The van der Waals surface area contributed by atoms with E-state index in [0.29, 0.717) is 5.25 Å². The summed E-state index contributed by atoms with van der Waals surface area (Å²) in [5, 5.41) is 4.33. The Hall–Kier alpha value is -0.710. The number of amides is 1. The van der Waals surface area contributed by atoms with Crippen LogP contribution in [-0.4, -0.2) is 28.4 Å². The fourth-order valence-corrected chi connectivity index (χ4v) is 1.87. The highest BCUT2D eigenvalue weighted by atomic mass is 32.2. The molecule has 1 aliphatic heterocycles. The van der Waals surface area contributed by atoms with Crippen molar-refractivity contribution in [3.8, 4) is 0 Å². The van der Waals surface area contributed by atoms with Crippen molar-refractivity contribution in [2.75, 3.05) is 6.54 Å². The zero-order valence-electron chi connectivity index (χ0n) is 8.13.